The predicted octanol–water partition coefficient (Wildman–Crippen LogP) is 3.60. The van der Waals surface area contributed by atoms with Crippen molar-refractivity contribution in [3.05, 3.63) is 73.1 Å². The molecule has 0 saturated carbocycles. The molecule has 2 aromatic rings. The Hall–Kier alpha value is -2.22. The molecular weight excluding hydrogens is 220 g/mol. The lowest BCUT2D eigenvalue weighted by Crippen LogP contribution is -1.96. The summed E-state index contributed by atoms with van der Waals surface area (Å²) in [6.45, 7) is 7.52. The fourth-order valence-electron chi connectivity index (χ4n) is 1.86. The first-order valence-electron chi connectivity index (χ1n) is 5.97. The van der Waals surface area contributed by atoms with Gasteiger partial charge in [0.05, 0.1) is 0 Å². The van der Waals surface area contributed by atoms with Crippen molar-refractivity contribution in [3.8, 4) is 11.4 Å². The third-order valence-electron chi connectivity index (χ3n) is 2.69. The smallest absolute Gasteiger partial charge is 0.159 e. The van der Waals surface area contributed by atoms with Crippen molar-refractivity contribution >= 4 is 0 Å². The van der Waals surface area contributed by atoms with Gasteiger partial charge in [0.25, 0.3) is 0 Å². The van der Waals surface area contributed by atoms with Crippen molar-refractivity contribution in [2.45, 2.75) is 12.8 Å². The van der Waals surface area contributed by atoms with Crippen LogP contribution in [-0.4, -0.2) is 9.97 Å². The van der Waals surface area contributed by atoms with Gasteiger partial charge < -0.3 is 0 Å². The molecule has 0 fully saturated rings. The molecule has 2 nitrogen and oxygen atoms in total. The Bertz CT molecular complexity index is 559. The highest BCUT2D eigenvalue weighted by Gasteiger charge is 2.06. The van der Waals surface area contributed by atoms with Gasteiger partial charge in [0.1, 0.15) is 0 Å². The second-order valence-electron chi connectivity index (χ2n) is 4.01. The first-order valence-corrected chi connectivity index (χ1v) is 5.97. The van der Waals surface area contributed by atoms with E-state index in [1.807, 2.05) is 36.4 Å². The normalized spacial score (nSPS) is 10.0. The number of hydrogen-bond acceptors (Lipinski definition) is 2. The molecule has 0 spiro atoms. The average molecular weight is 236 g/mol. The molecule has 0 amide bonds. The van der Waals surface area contributed by atoms with Gasteiger partial charge in [-0.05, 0) is 18.1 Å². The highest BCUT2D eigenvalue weighted by atomic mass is 14.9. The third kappa shape index (κ3) is 2.72. The highest BCUT2D eigenvalue weighted by Crippen LogP contribution is 2.20. The molecule has 1 heterocycles. The lowest BCUT2D eigenvalue weighted by molar-refractivity contribution is 1.05. The zero-order chi connectivity index (χ0) is 12.8. The molecule has 1 aromatic heterocycles. The fraction of sp³-hybridized carbons (Fsp3) is 0.125. The molecule has 0 aliphatic carbocycles. The van der Waals surface area contributed by atoms with Gasteiger partial charge in [0, 0.05) is 23.9 Å². The standard InChI is InChI=1S/C16H16N2/c1-3-7-13-9-5-6-10-15(13)16-17-12-11-14(18-16)8-4-2/h3-6,9-12H,1-2,7-8H2. The monoisotopic (exact) mass is 236 g/mol. The number of nitrogens with zero attached hydrogens (tertiary/aromatic N) is 2. The molecule has 0 radical (unpaired) electrons. The van der Waals surface area contributed by atoms with Crippen LogP contribution in [0.25, 0.3) is 11.4 Å². The summed E-state index contributed by atoms with van der Waals surface area (Å²) in [6, 6.07) is 10.1. The van der Waals surface area contributed by atoms with Crippen molar-refractivity contribution in [1.29, 1.82) is 0 Å². The average Bonchev–Trinajstić information content (AvgIpc) is 2.40. The molecule has 2 heteroatoms. The van der Waals surface area contributed by atoms with E-state index in [0.717, 1.165) is 29.9 Å². The molecule has 1 aromatic carbocycles. The summed E-state index contributed by atoms with van der Waals surface area (Å²) in [5.41, 5.74) is 3.26. The Morgan fingerprint density at radius 2 is 1.78 bits per heavy atom. The van der Waals surface area contributed by atoms with E-state index in [4.69, 9.17) is 0 Å². The summed E-state index contributed by atoms with van der Waals surface area (Å²) in [5, 5.41) is 0. The van der Waals surface area contributed by atoms with Crippen LogP contribution in [0.2, 0.25) is 0 Å². The minimum atomic E-state index is 0.763. The molecule has 0 atom stereocenters. The summed E-state index contributed by atoms with van der Waals surface area (Å²) in [4.78, 5) is 8.91. The van der Waals surface area contributed by atoms with E-state index in [-0.39, 0.29) is 0 Å². The van der Waals surface area contributed by atoms with E-state index in [0.29, 0.717) is 0 Å². The zero-order valence-corrected chi connectivity index (χ0v) is 10.3. The molecule has 0 aliphatic heterocycles. The van der Waals surface area contributed by atoms with Crippen molar-refractivity contribution in [2.24, 2.45) is 0 Å². The summed E-state index contributed by atoms with van der Waals surface area (Å²) < 4.78 is 0. The molecule has 0 aliphatic rings. The lowest BCUT2D eigenvalue weighted by atomic mass is 10.0. The van der Waals surface area contributed by atoms with E-state index in [1.165, 1.54) is 5.56 Å². The minimum absolute atomic E-state index is 0.763. The van der Waals surface area contributed by atoms with Gasteiger partial charge in [-0.3, -0.25) is 0 Å². The second-order valence-corrected chi connectivity index (χ2v) is 4.01. The predicted molar refractivity (Wildman–Crippen MR) is 75.3 cm³/mol. The quantitative estimate of drug-likeness (QED) is 0.741. The van der Waals surface area contributed by atoms with Crippen molar-refractivity contribution in [3.63, 3.8) is 0 Å². The van der Waals surface area contributed by atoms with Gasteiger partial charge in [0.15, 0.2) is 5.82 Å². The Labute approximate surface area is 108 Å². The molecule has 18 heavy (non-hydrogen) atoms. The molecular formula is C16H16N2. The van der Waals surface area contributed by atoms with Crippen LogP contribution < -0.4 is 0 Å². The van der Waals surface area contributed by atoms with Crippen LogP contribution in [0, 0.1) is 0 Å². The van der Waals surface area contributed by atoms with E-state index in [1.54, 1.807) is 6.20 Å². The molecule has 0 saturated heterocycles. The summed E-state index contributed by atoms with van der Waals surface area (Å²) in [6.07, 6.45) is 7.13. The van der Waals surface area contributed by atoms with E-state index in [2.05, 4.69) is 29.2 Å². The van der Waals surface area contributed by atoms with Gasteiger partial charge in [-0.1, -0.05) is 36.4 Å². The van der Waals surface area contributed by atoms with Gasteiger partial charge in [-0.25, -0.2) is 9.97 Å². The molecule has 0 bridgehead atoms. The molecule has 2 rings (SSSR count). The molecule has 0 unspecified atom stereocenters. The van der Waals surface area contributed by atoms with Crippen LogP contribution in [0.1, 0.15) is 11.3 Å². The maximum absolute atomic E-state index is 4.56. The van der Waals surface area contributed by atoms with Crippen LogP contribution >= 0.6 is 0 Å². The summed E-state index contributed by atoms with van der Waals surface area (Å²) in [5.74, 6) is 0.770. The van der Waals surface area contributed by atoms with Crippen LogP contribution in [0.5, 0.6) is 0 Å². The topological polar surface area (TPSA) is 25.8 Å². The second kappa shape index (κ2) is 5.92. The van der Waals surface area contributed by atoms with Crippen LogP contribution in [0.4, 0.5) is 0 Å². The Morgan fingerprint density at radius 3 is 2.56 bits per heavy atom. The third-order valence-corrected chi connectivity index (χ3v) is 2.69. The van der Waals surface area contributed by atoms with Crippen molar-refractivity contribution in [1.82, 2.24) is 9.97 Å². The number of allylic oxidation sites excluding steroid dienone is 2. The maximum atomic E-state index is 4.56. The molecule has 90 valence electrons. The first-order chi connectivity index (χ1) is 8.85. The van der Waals surface area contributed by atoms with Crippen LogP contribution in [0.3, 0.4) is 0 Å². The van der Waals surface area contributed by atoms with Crippen molar-refractivity contribution < 1.29 is 0 Å². The zero-order valence-electron chi connectivity index (χ0n) is 10.3. The lowest BCUT2D eigenvalue weighted by Gasteiger charge is -2.07. The summed E-state index contributed by atoms with van der Waals surface area (Å²) in [7, 11) is 0. The van der Waals surface area contributed by atoms with Crippen LogP contribution in [0.15, 0.2) is 61.8 Å². The Kier molecular flexibility index (Phi) is 4.02. The first kappa shape index (κ1) is 12.2. The number of hydrogen-bond donors (Lipinski definition) is 0. The Morgan fingerprint density at radius 1 is 1.00 bits per heavy atom. The van der Waals surface area contributed by atoms with E-state index < -0.39 is 0 Å². The van der Waals surface area contributed by atoms with Gasteiger partial charge in [-0.2, -0.15) is 0 Å². The highest BCUT2D eigenvalue weighted by molar-refractivity contribution is 5.60. The van der Waals surface area contributed by atoms with Crippen molar-refractivity contribution in [2.75, 3.05) is 0 Å². The van der Waals surface area contributed by atoms with Crippen LogP contribution in [-0.2, 0) is 12.8 Å². The number of aromatic nitrogens is 2. The summed E-state index contributed by atoms with van der Waals surface area (Å²) >= 11 is 0. The largest absolute Gasteiger partial charge is 0.237 e. The van der Waals surface area contributed by atoms with E-state index in [9.17, 15) is 0 Å². The van der Waals surface area contributed by atoms with E-state index >= 15 is 0 Å². The SMILES string of the molecule is C=CCc1ccnc(-c2ccccc2CC=C)n1. The van der Waals surface area contributed by atoms with Gasteiger partial charge >= 0.3 is 0 Å². The maximum Gasteiger partial charge on any atom is 0.159 e. The van der Waals surface area contributed by atoms with Gasteiger partial charge in [-0.15, -0.1) is 13.2 Å². The number of rotatable bonds is 5. The molecule has 0 N–H and O–H groups in total. The van der Waals surface area contributed by atoms with Gasteiger partial charge in [0.2, 0.25) is 0 Å². The minimum Gasteiger partial charge on any atom is -0.237 e. The fourth-order valence-corrected chi connectivity index (χ4v) is 1.86. The Balaban J connectivity index is 2.44. The number of benzene rings is 1.